The Morgan fingerprint density at radius 1 is 0.293 bits per heavy atom. The van der Waals surface area contributed by atoms with Crippen LogP contribution in [0.3, 0.4) is 0 Å². The molecule has 3 unspecified atom stereocenters. The van der Waals surface area contributed by atoms with Gasteiger partial charge in [0.2, 0.25) is 0 Å². The van der Waals surface area contributed by atoms with Crippen LogP contribution in [0.1, 0.15) is 420 Å². The van der Waals surface area contributed by atoms with Crippen LogP contribution < -0.4 is 0 Å². The Morgan fingerprint density at radius 3 is 0.768 bits per heavy atom. The van der Waals surface area contributed by atoms with Crippen molar-refractivity contribution in [2.45, 2.75) is 439 Å². The summed E-state index contributed by atoms with van der Waals surface area (Å²) in [5.41, 5.74) is 0. The highest BCUT2D eigenvalue weighted by Crippen LogP contribution is 2.45. The number of phosphoric ester groups is 2. The van der Waals surface area contributed by atoms with Crippen LogP contribution in [0, 0.1) is 11.8 Å². The van der Waals surface area contributed by atoms with Crippen LogP contribution in [-0.2, 0) is 65.4 Å². The van der Waals surface area contributed by atoms with Crippen LogP contribution in [0.25, 0.3) is 0 Å². The quantitative estimate of drug-likeness (QED) is 0.0222. The maximum Gasteiger partial charge on any atom is 0.472 e. The SMILES string of the molecule is CCCCCCCCCCCCCCCCCC(=O)OC[C@H](COP(=O)(O)OC[C@@H](O)COP(=O)(O)OC[C@@H](COC(=O)CCCCCCCCC(C)C)OC(=O)CCCCCCCCCCCCCCC)OC(=O)CCCCCCCCCCCCCCCCCCCCC(C)CC. The van der Waals surface area contributed by atoms with Gasteiger partial charge in [0.1, 0.15) is 19.3 Å². The van der Waals surface area contributed by atoms with Gasteiger partial charge in [-0.05, 0) is 37.5 Å². The topological polar surface area (TPSA) is 237 Å². The third kappa shape index (κ3) is 72.8. The normalized spacial score (nSPS) is 14.2. The second-order valence-electron chi connectivity index (χ2n) is 29.5. The fourth-order valence-corrected chi connectivity index (χ4v) is 13.9. The zero-order chi connectivity index (χ0) is 72.8. The number of unbranched alkanes of at least 4 members (excludes halogenated alkanes) is 48. The zero-order valence-electron chi connectivity index (χ0n) is 64.8. The van der Waals surface area contributed by atoms with Crippen LogP contribution >= 0.6 is 15.6 Å². The number of ether oxygens (including phenoxy) is 4. The molecule has 0 saturated carbocycles. The minimum Gasteiger partial charge on any atom is -0.462 e. The minimum absolute atomic E-state index is 0.107. The van der Waals surface area contributed by atoms with E-state index in [0.717, 1.165) is 102 Å². The highest BCUT2D eigenvalue weighted by molar-refractivity contribution is 7.47. The molecule has 0 spiro atoms. The highest BCUT2D eigenvalue weighted by Gasteiger charge is 2.30. The third-order valence-electron chi connectivity index (χ3n) is 19.1. The number of phosphoric acid groups is 2. The van der Waals surface area contributed by atoms with Gasteiger partial charge in [0, 0.05) is 25.7 Å². The van der Waals surface area contributed by atoms with Gasteiger partial charge in [-0.15, -0.1) is 0 Å². The lowest BCUT2D eigenvalue weighted by Gasteiger charge is -2.21. The van der Waals surface area contributed by atoms with E-state index in [1.165, 1.54) is 231 Å². The van der Waals surface area contributed by atoms with Gasteiger partial charge in [-0.25, -0.2) is 9.13 Å². The molecule has 0 saturated heterocycles. The second-order valence-corrected chi connectivity index (χ2v) is 32.4. The van der Waals surface area contributed by atoms with Crippen LogP contribution in [0.2, 0.25) is 0 Å². The second kappa shape index (κ2) is 71.7. The van der Waals surface area contributed by atoms with Crippen molar-refractivity contribution in [1.29, 1.82) is 0 Å². The van der Waals surface area contributed by atoms with Gasteiger partial charge in [-0.1, -0.05) is 369 Å². The molecule has 0 aromatic carbocycles. The molecule has 17 nitrogen and oxygen atoms in total. The molecule has 0 aliphatic rings. The standard InChI is InChI=1S/C80H156O17P2/c1-7-10-12-14-16-18-20-22-27-32-35-39-43-50-56-62-77(82)90-68-75(96-79(84)65-59-53-45-41-37-33-29-26-24-23-25-28-31-34-38-42-49-55-61-73(6)9-3)70-94-98(86,87)92-66-74(81)67-93-99(88,89)95-71-76(69-91-78(83)63-57-51-47-46-48-54-60-72(4)5)97-80(85)64-58-52-44-40-36-30-21-19-17-15-13-11-8-2/h72-76,81H,7-71H2,1-6H3,(H,86,87)(H,88,89)/t73?,74-,75-,76-/m1/s1. The Labute approximate surface area is 607 Å². The van der Waals surface area contributed by atoms with Crippen LogP contribution in [0.15, 0.2) is 0 Å². The van der Waals surface area contributed by atoms with E-state index >= 15 is 0 Å². The van der Waals surface area contributed by atoms with Crippen molar-refractivity contribution in [1.82, 2.24) is 0 Å². The average Bonchev–Trinajstić information content (AvgIpc) is 1.02. The van der Waals surface area contributed by atoms with E-state index in [4.69, 9.17) is 37.0 Å². The minimum atomic E-state index is -4.96. The molecule has 99 heavy (non-hydrogen) atoms. The fraction of sp³-hybridized carbons (Fsp3) is 0.950. The molecule has 0 aromatic heterocycles. The van der Waals surface area contributed by atoms with E-state index in [-0.39, 0.29) is 25.7 Å². The molecule has 0 fully saturated rings. The van der Waals surface area contributed by atoms with Crippen molar-refractivity contribution in [3.05, 3.63) is 0 Å². The molecule has 0 aromatic rings. The van der Waals surface area contributed by atoms with Gasteiger partial charge in [-0.3, -0.25) is 37.3 Å². The summed E-state index contributed by atoms with van der Waals surface area (Å²) >= 11 is 0. The zero-order valence-corrected chi connectivity index (χ0v) is 66.6. The number of carbonyl (C=O) groups is 4. The molecule has 19 heteroatoms. The molecule has 0 heterocycles. The smallest absolute Gasteiger partial charge is 0.462 e. The van der Waals surface area contributed by atoms with E-state index in [2.05, 4.69) is 41.5 Å². The summed E-state index contributed by atoms with van der Waals surface area (Å²) in [5, 5.41) is 10.6. The largest absolute Gasteiger partial charge is 0.472 e. The van der Waals surface area contributed by atoms with E-state index in [9.17, 15) is 43.2 Å². The number of hydrogen-bond donors (Lipinski definition) is 3. The number of esters is 4. The summed E-state index contributed by atoms with van der Waals surface area (Å²) in [4.78, 5) is 72.9. The molecular weight excluding hydrogens is 1290 g/mol. The summed E-state index contributed by atoms with van der Waals surface area (Å²) in [6.45, 7) is 9.61. The van der Waals surface area contributed by atoms with Gasteiger partial charge < -0.3 is 33.8 Å². The van der Waals surface area contributed by atoms with Crippen LogP contribution in [0.5, 0.6) is 0 Å². The number of rotatable bonds is 79. The van der Waals surface area contributed by atoms with Gasteiger partial charge in [-0.2, -0.15) is 0 Å². The van der Waals surface area contributed by atoms with Crippen molar-refractivity contribution < 1.29 is 80.2 Å². The monoisotopic (exact) mass is 1450 g/mol. The van der Waals surface area contributed by atoms with Crippen molar-refractivity contribution in [3.63, 3.8) is 0 Å². The lowest BCUT2D eigenvalue weighted by Crippen LogP contribution is -2.30. The summed E-state index contributed by atoms with van der Waals surface area (Å²) in [6, 6.07) is 0. The van der Waals surface area contributed by atoms with Crippen LogP contribution in [0.4, 0.5) is 0 Å². The summed E-state index contributed by atoms with van der Waals surface area (Å²) in [6.07, 6.45) is 61.2. The maximum absolute atomic E-state index is 13.1. The van der Waals surface area contributed by atoms with E-state index in [1.54, 1.807) is 0 Å². The number of aliphatic hydroxyl groups excluding tert-OH is 1. The lowest BCUT2D eigenvalue weighted by molar-refractivity contribution is -0.161. The van der Waals surface area contributed by atoms with E-state index in [0.29, 0.717) is 31.6 Å². The van der Waals surface area contributed by atoms with Gasteiger partial charge >= 0.3 is 39.5 Å². The molecule has 0 bridgehead atoms. The van der Waals surface area contributed by atoms with Crippen LogP contribution in [-0.4, -0.2) is 96.7 Å². The van der Waals surface area contributed by atoms with Crippen molar-refractivity contribution >= 4 is 39.5 Å². The molecule has 0 aliphatic carbocycles. The van der Waals surface area contributed by atoms with Gasteiger partial charge in [0.15, 0.2) is 12.2 Å². The first-order valence-electron chi connectivity index (χ1n) is 41.5. The summed E-state index contributed by atoms with van der Waals surface area (Å²) in [7, 11) is -9.91. The van der Waals surface area contributed by atoms with E-state index in [1.807, 2.05) is 0 Å². The molecule has 0 amide bonds. The molecule has 0 rings (SSSR count). The van der Waals surface area contributed by atoms with Crippen molar-refractivity contribution in [3.8, 4) is 0 Å². The molecule has 0 aliphatic heterocycles. The molecule has 588 valence electrons. The summed E-state index contributed by atoms with van der Waals surface area (Å²) in [5.74, 6) is -0.560. The first-order chi connectivity index (χ1) is 47.9. The average molecular weight is 1450 g/mol. The molecule has 6 atom stereocenters. The Morgan fingerprint density at radius 2 is 0.515 bits per heavy atom. The Bertz CT molecular complexity index is 1910. The van der Waals surface area contributed by atoms with Crippen molar-refractivity contribution in [2.75, 3.05) is 39.6 Å². The molecule has 0 radical (unpaired) electrons. The molecular formula is C80H156O17P2. The first kappa shape index (κ1) is 97.1. The lowest BCUT2D eigenvalue weighted by atomic mass is 9.99. The number of carbonyl (C=O) groups excluding carboxylic acids is 4. The number of hydrogen-bond acceptors (Lipinski definition) is 15. The van der Waals surface area contributed by atoms with Crippen molar-refractivity contribution in [2.24, 2.45) is 11.8 Å². The fourth-order valence-electron chi connectivity index (χ4n) is 12.3. The predicted octanol–water partition coefficient (Wildman–Crippen LogP) is 23.9. The Kier molecular flexibility index (Phi) is 70.3. The van der Waals surface area contributed by atoms with Gasteiger partial charge in [0.25, 0.3) is 0 Å². The van der Waals surface area contributed by atoms with Gasteiger partial charge in [0.05, 0.1) is 26.4 Å². The third-order valence-corrected chi connectivity index (χ3v) is 21.0. The Balaban J connectivity index is 5.19. The highest BCUT2D eigenvalue weighted by atomic mass is 31.2. The maximum atomic E-state index is 13.1. The first-order valence-corrected chi connectivity index (χ1v) is 44.5. The Hall–Kier alpha value is -1.94. The van der Waals surface area contributed by atoms with E-state index < -0.39 is 97.5 Å². The molecule has 3 N–H and O–H groups in total. The number of aliphatic hydroxyl groups is 1. The predicted molar refractivity (Wildman–Crippen MR) is 405 cm³/mol. The summed E-state index contributed by atoms with van der Waals surface area (Å²) < 4.78 is 68.6.